The van der Waals surface area contributed by atoms with Gasteiger partial charge >= 0.3 is 0 Å². The Morgan fingerprint density at radius 2 is 2.09 bits per heavy atom. The Kier molecular flexibility index (Phi) is 5.86. The van der Waals surface area contributed by atoms with E-state index in [-0.39, 0.29) is 18.5 Å². The minimum absolute atomic E-state index is 0.0558. The third kappa shape index (κ3) is 5.07. The van der Waals surface area contributed by atoms with Crippen LogP contribution in [-0.2, 0) is 28.4 Å². The first-order valence-electron chi connectivity index (χ1n) is 8.17. The summed E-state index contributed by atoms with van der Waals surface area (Å²) in [6, 6.07) is 4.20. The second-order valence-electron chi connectivity index (χ2n) is 6.31. The molecule has 1 amide bonds. The SMILES string of the molecule is CCCCN(CC(=O)N(Cc1cccn1C)C1CC1)S(C)(=O)=O. The number of unbranched alkanes of at least 4 members (excludes halogenated alkanes) is 1. The largest absolute Gasteiger partial charge is 0.353 e. The standard InChI is InChI=1S/C16H27N3O3S/c1-4-5-11-18(23(3,21)22)13-16(20)19(14-8-9-14)12-15-7-6-10-17(15)2/h6-7,10,14H,4-5,8-9,11-13H2,1-3H3. The molecular weight excluding hydrogens is 314 g/mol. The number of carbonyl (C=O) groups is 1. The quantitative estimate of drug-likeness (QED) is 0.685. The van der Waals surface area contributed by atoms with Gasteiger partial charge in [-0.3, -0.25) is 4.79 Å². The van der Waals surface area contributed by atoms with Crippen molar-refractivity contribution < 1.29 is 13.2 Å². The number of rotatable bonds is 9. The normalized spacial score (nSPS) is 15.1. The molecule has 1 heterocycles. The molecular formula is C16H27N3O3S. The first-order valence-corrected chi connectivity index (χ1v) is 10.0. The molecule has 0 radical (unpaired) electrons. The van der Waals surface area contributed by atoms with E-state index < -0.39 is 10.0 Å². The number of hydrogen-bond acceptors (Lipinski definition) is 3. The summed E-state index contributed by atoms with van der Waals surface area (Å²) in [6.45, 7) is 2.90. The van der Waals surface area contributed by atoms with Crippen molar-refractivity contribution in [2.45, 2.75) is 45.2 Å². The van der Waals surface area contributed by atoms with Crippen LogP contribution in [0.15, 0.2) is 18.3 Å². The predicted octanol–water partition coefficient (Wildman–Crippen LogP) is 1.58. The Hall–Kier alpha value is -1.34. The average molecular weight is 341 g/mol. The van der Waals surface area contributed by atoms with Crippen molar-refractivity contribution in [2.24, 2.45) is 7.05 Å². The molecule has 1 fully saturated rings. The lowest BCUT2D eigenvalue weighted by molar-refractivity contribution is -0.132. The van der Waals surface area contributed by atoms with Crippen LogP contribution < -0.4 is 0 Å². The lowest BCUT2D eigenvalue weighted by Gasteiger charge is -2.26. The third-order valence-electron chi connectivity index (χ3n) is 4.23. The lowest BCUT2D eigenvalue weighted by Crippen LogP contribution is -2.43. The molecule has 0 N–H and O–H groups in total. The summed E-state index contributed by atoms with van der Waals surface area (Å²) in [5.74, 6) is -0.102. The monoisotopic (exact) mass is 341 g/mol. The summed E-state index contributed by atoms with van der Waals surface area (Å²) < 4.78 is 27.1. The Bertz CT molecular complexity index is 635. The van der Waals surface area contributed by atoms with Crippen LogP contribution in [0, 0.1) is 0 Å². The predicted molar refractivity (Wildman–Crippen MR) is 90.3 cm³/mol. The third-order valence-corrected chi connectivity index (χ3v) is 5.48. The molecule has 0 saturated heterocycles. The van der Waals surface area contributed by atoms with Gasteiger partial charge < -0.3 is 9.47 Å². The summed E-state index contributed by atoms with van der Waals surface area (Å²) in [4.78, 5) is 14.5. The summed E-state index contributed by atoms with van der Waals surface area (Å²) in [7, 11) is -1.41. The minimum Gasteiger partial charge on any atom is -0.353 e. The Labute approximate surface area is 139 Å². The van der Waals surface area contributed by atoms with Crippen LogP contribution in [0.25, 0.3) is 0 Å². The maximum absolute atomic E-state index is 12.7. The van der Waals surface area contributed by atoms with E-state index in [1.165, 1.54) is 10.6 Å². The van der Waals surface area contributed by atoms with Crippen LogP contribution in [0.2, 0.25) is 0 Å². The molecule has 0 aliphatic heterocycles. The van der Waals surface area contributed by atoms with Crippen LogP contribution in [0.4, 0.5) is 0 Å². The van der Waals surface area contributed by atoms with Crippen molar-refractivity contribution in [3.8, 4) is 0 Å². The molecule has 0 bridgehead atoms. The van der Waals surface area contributed by atoms with Gasteiger partial charge in [-0.1, -0.05) is 13.3 Å². The fraction of sp³-hybridized carbons (Fsp3) is 0.688. The zero-order chi connectivity index (χ0) is 17.0. The van der Waals surface area contributed by atoms with Gasteiger partial charge in [-0.25, -0.2) is 8.42 Å². The first kappa shape index (κ1) is 18.0. The molecule has 1 aliphatic rings. The van der Waals surface area contributed by atoms with E-state index in [9.17, 15) is 13.2 Å². The van der Waals surface area contributed by atoms with E-state index >= 15 is 0 Å². The Morgan fingerprint density at radius 1 is 1.39 bits per heavy atom. The summed E-state index contributed by atoms with van der Waals surface area (Å²) in [5, 5.41) is 0. The number of nitrogens with zero attached hydrogens (tertiary/aromatic N) is 3. The molecule has 2 rings (SSSR count). The molecule has 7 heteroatoms. The molecule has 130 valence electrons. The van der Waals surface area contributed by atoms with E-state index in [0.717, 1.165) is 31.4 Å². The minimum atomic E-state index is -3.36. The van der Waals surface area contributed by atoms with Gasteiger partial charge in [0.1, 0.15) is 0 Å². The molecule has 1 aromatic heterocycles. The smallest absolute Gasteiger partial charge is 0.238 e. The molecule has 1 aromatic rings. The van der Waals surface area contributed by atoms with Crippen molar-refractivity contribution in [3.05, 3.63) is 24.0 Å². The molecule has 1 saturated carbocycles. The molecule has 0 aromatic carbocycles. The van der Waals surface area contributed by atoms with Gasteiger partial charge in [-0.2, -0.15) is 4.31 Å². The Balaban J connectivity index is 2.06. The highest BCUT2D eigenvalue weighted by atomic mass is 32.2. The van der Waals surface area contributed by atoms with E-state index in [1.54, 1.807) is 0 Å². The van der Waals surface area contributed by atoms with Crippen LogP contribution >= 0.6 is 0 Å². The molecule has 0 spiro atoms. The summed E-state index contributed by atoms with van der Waals surface area (Å²) in [6.07, 6.45) is 6.80. The highest BCUT2D eigenvalue weighted by Crippen LogP contribution is 2.28. The van der Waals surface area contributed by atoms with Crippen molar-refractivity contribution in [2.75, 3.05) is 19.3 Å². The highest BCUT2D eigenvalue weighted by Gasteiger charge is 2.34. The maximum Gasteiger partial charge on any atom is 0.238 e. The van der Waals surface area contributed by atoms with Crippen molar-refractivity contribution in [3.63, 3.8) is 0 Å². The van der Waals surface area contributed by atoms with Crippen LogP contribution in [-0.4, -0.2) is 53.5 Å². The second-order valence-corrected chi connectivity index (χ2v) is 8.30. The second kappa shape index (κ2) is 7.49. The van der Waals surface area contributed by atoms with Crippen molar-refractivity contribution in [1.82, 2.24) is 13.8 Å². The van der Waals surface area contributed by atoms with Gasteiger partial charge in [0.25, 0.3) is 0 Å². The highest BCUT2D eigenvalue weighted by molar-refractivity contribution is 7.88. The number of sulfonamides is 1. The molecule has 0 unspecified atom stereocenters. The fourth-order valence-electron chi connectivity index (χ4n) is 2.58. The Morgan fingerprint density at radius 3 is 2.57 bits per heavy atom. The van der Waals surface area contributed by atoms with Gasteiger partial charge in [0.05, 0.1) is 19.3 Å². The van der Waals surface area contributed by atoms with Crippen molar-refractivity contribution in [1.29, 1.82) is 0 Å². The number of aromatic nitrogens is 1. The van der Waals surface area contributed by atoms with Gasteiger partial charge in [0, 0.05) is 31.5 Å². The fourth-order valence-corrected chi connectivity index (χ4v) is 3.39. The van der Waals surface area contributed by atoms with Gasteiger partial charge in [-0.05, 0) is 31.4 Å². The molecule has 6 nitrogen and oxygen atoms in total. The van der Waals surface area contributed by atoms with E-state index in [1.807, 2.05) is 41.8 Å². The molecule has 0 atom stereocenters. The van der Waals surface area contributed by atoms with Crippen molar-refractivity contribution >= 4 is 15.9 Å². The number of carbonyl (C=O) groups excluding carboxylic acids is 1. The van der Waals surface area contributed by atoms with Crippen LogP contribution in [0.1, 0.15) is 38.3 Å². The van der Waals surface area contributed by atoms with Gasteiger partial charge in [0.15, 0.2) is 0 Å². The molecule has 23 heavy (non-hydrogen) atoms. The zero-order valence-electron chi connectivity index (χ0n) is 14.2. The number of amides is 1. The average Bonchev–Trinajstić information content (AvgIpc) is 3.23. The number of aryl methyl sites for hydroxylation is 1. The number of hydrogen-bond donors (Lipinski definition) is 0. The summed E-state index contributed by atoms with van der Waals surface area (Å²) >= 11 is 0. The zero-order valence-corrected chi connectivity index (χ0v) is 15.1. The topological polar surface area (TPSA) is 62.6 Å². The van der Waals surface area contributed by atoms with Gasteiger partial charge in [-0.15, -0.1) is 0 Å². The van der Waals surface area contributed by atoms with Crippen LogP contribution in [0.5, 0.6) is 0 Å². The van der Waals surface area contributed by atoms with Gasteiger partial charge in [0.2, 0.25) is 15.9 Å². The lowest BCUT2D eigenvalue weighted by atomic mass is 10.3. The van der Waals surface area contributed by atoms with E-state index in [0.29, 0.717) is 13.1 Å². The van der Waals surface area contributed by atoms with Crippen LogP contribution in [0.3, 0.4) is 0 Å². The maximum atomic E-state index is 12.7. The van der Waals surface area contributed by atoms with E-state index in [4.69, 9.17) is 0 Å². The molecule has 1 aliphatic carbocycles. The van der Waals surface area contributed by atoms with E-state index in [2.05, 4.69) is 0 Å². The summed E-state index contributed by atoms with van der Waals surface area (Å²) in [5.41, 5.74) is 1.06. The first-order chi connectivity index (χ1) is 10.8.